The Kier molecular flexibility index (Phi) is 15.3. The maximum absolute atomic E-state index is 13.4. The molecule has 0 bridgehead atoms. The summed E-state index contributed by atoms with van der Waals surface area (Å²) in [6.07, 6.45) is 0.441. The highest BCUT2D eigenvalue weighted by Crippen LogP contribution is 2.18. The van der Waals surface area contributed by atoms with Crippen molar-refractivity contribution in [2.45, 2.75) is 130 Å². The molecule has 0 aliphatic carbocycles. The maximum atomic E-state index is 13.4. The average Bonchev–Trinajstić information content (AvgIpc) is 2.88. The minimum absolute atomic E-state index is 0.0447. The molecule has 0 aliphatic heterocycles. The predicted molar refractivity (Wildman–Crippen MR) is 169 cm³/mol. The van der Waals surface area contributed by atoms with E-state index in [1.165, 1.54) is 7.05 Å². The molecule has 0 fully saturated rings. The van der Waals surface area contributed by atoms with Gasteiger partial charge in [0.15, 0.2) is 0 Å². The molecule has 2 unspecified atom stereocenters. The van der Waals surface area contributed by atoms with Crippen LogP contribution in [0.5, 0.6) is 0 Å². The van der Waals surface area contributed by atoms with Crippen LogP contribution in [0.15, 0.2) is 30.3 Å². The fraction of sp³-hybridized carbons (Fsp3) is 0.667. The molecule has 0 radical (unpaired) electrons. The van der Waals surface area contributed by atoms with Crippen LogP contribution in [0, 0.1) is 0 Å². The lowest BCUT2D eigenvalue weighted by molar-refractivity contribution is -0.161. The van der Waals surface area contributed by atoms with Crippen LogP contribution < -0.4 is 10.6 Å². The van der Waals surface area contributed by atoms with E-state index >= 15 is 0 Å². The summed E-state index contributed by atoms with van der Waals surface area (Å²) in [6, 6.07) is 6.43. The van der Waals surface area contributed by atoms with Crippen molar-refractivity contribution in [1.82, 2.24) is 15.5 Å². The number of amides is 3. The fourth-order valence-electron chi connectivity index (χ4n) is 3.94. The third-order valence-electron chi connectivity index (χ3n) is 5.90. The largest absolute Gasteiger partial charge is 0.460 e. The summed E-state index contributed by atoms with van der Waals surface area (Å²) in [5, 5.41) is 5.35. The van der Waals surface area contributed by atoms with Gasteiger partial charge in [0, 0.05) is 20.0 Å². The summed E-state index contributed by atoms with van der Waals surface area (Å²) >= 11 is 0. The van der Waals surface area contributed by atoms with Crippen LogP contribution in [0.3, 0.4) is 0 Å². The van der Waals surface area contributed by atoms with E-state index in [2.05, 4.69) is 10.6 Å². The van der Waals surface area contributed by atoms with Gasteiger partial charge < -0.3 is 34.5 Å². The highest BCUT2D eigenvalue weighted by atomic mass is 16.6. The second-order valence-electron chi connectivity index (χ2n) is 13.8. The van der Waals surface area contributed by atoms with E-state index in [-0.39, 0.29) is 25.9 Å². The van der Waals surface area contributed by atoms with Crippen LogP contribution in [0.1, 0.15) is 100.0 Å². The topological polar surface area (TPSA) is 150 Å². The van der Waals surface area contributed by atoms with E-state index in [0.29, 0.717) is 19.4 Å². The van der Waals surface area contributed by atoms with Crippen molar-refractivity contribution in [3.8, 4) is 0 Å². The normalized spacial score (nSPS) is 13.1. The molecule has 0 aliphatic rings. The van der Waals surface area contributed by atoms with Gasteiger partial charge in [0.1, 0.15) is 35.5 Å². The van der Waals surface area contributed by atoms with Gasteiger partial charge >= 0.3 is 30.0 Å². The van der Waals surface area contributed by atoms with Gasteiger partial charge in [0.05, 0.1) is 0 Å². The molecule has 1 aromatic carbocycles. The van der Waals surface area contributed by atoms with Gasteiger partial charge in [-0.15, -0.1) is 0 Å². The molecule has 1 aromatic rings. The van der Waals surface area contributed by atoms with Crippen LogP contribution in [0.2, 0.25) is 0 Å². The summed E-state index contributed by atoms with van der Waals surface area (Å²) in [7, 11) is 1.40. The molecular formula is C33H53N3O9. The van der Waals surface area contributed by atoms with Crippen LogP contribution in [0.25, 0.3) is 0 Å². The summed E-state index contributed by atoms with van der Waals surface area (Å²) in [4.78, 5) is 65.1. The summed E-state index contributed by atoms with van der Waals surface area (Å²) < 4.78 is 21.6. The Morgan fingerprint density at radius 2 is 1.31 bits per heavy atom. The standard InChI is InChI=1S/C33H53N3O9/c1-31(2,3)43-26(37)20-19-25(28(39)45-33(7,8)9)36(10)29(40)35-24(27(38)44-32(4,5)6)18-14-15-21-34-30(41)42-22-23-16-12-11-13-17-23/h11-13,16-17,24-25H,14-15,18-22H2,1-10H3,(H,34,41)(H,35,40). The predicted octanol–water partition coefficient (Wildman–Crippen LogP) is 5.27. The molecule has 0 spiro atoms. The number of nitrogens with one attached hydrogen (secondary N) is 2. The number of carbonyl (C=O) groups excluding carboxylic acids is 5. The van der Waals surface area contributed by atoms with Crippen molar-refractivity contribution in [3.63, 3.8) is 0 Å². The molecule has 0 heterocycles. The molecule has 12 nitrogen and oxygen atoms in total. The quantitative estimate of drug-likeness (QED) is 0.158. The number of urea groups is 1. The molecule has 2 N–H and O–H groups in total. The van der Waals surface area contributed by atoms with Crippen LogP contribution in [-0.2, 0) is 39.9 Å². The SMILES string of the molecule is CN(C(=O)NC(CCCCNC(=O)OCc1ccccc1)C(=O)OC(C)(C)C)C(CCC(=O)OC(C)(C)C)C(=O)OC(C)(C)C. The Morgan fingerprint density at radius 3 is 1.87 bits per heavy atom. The zero-order valence-electron chi connectivity index (χ0n) is 28.6. The Labute approximate surface area is 267 Å². The minimum atomic E-state index is -1.12. The van der Waals surface area contributed by atoms with Gasteiger partial charge in [-0.2, -0.15) is 0 Å². The zero-order chi connectivity index (χ0) is 34.4. The lowest BCUT2D eigenvalue weighted by Gasteiger charge is -2.31. The van der Waals surface area contributed by atoms with Crippen molar-refractivity contribution in [1.29, 1.82) is 0 Å². The number of benzene rings is 1. The van der Waals surface area contributed by atoms with E-state index < -0.39 is 58.9 Å². The number of nitrogens with zero attached hydrogens (tertiary/aromatic N) is 1. The highest BCUT2D eigenvalue weighted by molar-refractivity contribution is 5.87. The van der Waals surface area contributed by atoms with Crippen LogP contribution in [-0.4, -0.2) is 77.4 Å². The highest BCUT2D eigenvalue weighted by Gasteiger charge is 2.34. The number of esters is 3. The molecule has 12 heteroatoms. The van der Waals surface area contributed by atoms with Crippen molar-refractivity contribution in [3.05, 3.63) is 35.9 Å². The molecule has 254 valence electrons. The number of hydrogen-bond donors (Lipinski definition) is 2. The summed E-state index contributed by atoms with van der Waals surface area (Å²) in [6.45, 7) is 15.9. The van der Waals surface area contributed by atoms with Crippen molar-refractivity contribution < 1.29 is 42.9 Å². The fourth-order valence-corrected chi connectivity index (χ4v) is 3.94. The summed E-state index contributed by atoms with van der Waals surface area (Å²) in [5.74, 6) is -1.85. The molecule has 45 heavy (non-hydrogen) atoms. The number of alkyl carbamates (subject to hydrolysis) is 1. The molecule has 0 saturated heterocycles. The van der Waals surface area contributed by atoms with Crippen molar-refractivity contribution in [2.75, 3.05) is 13.6 Å². The molecule has 0 aromatic heterocycles. The molecule has 2 atom stereocenters. The first-order chi connectivity index (χ1) is 20.7. The number of ether oxygens (including phenoxy) is 4. The molecule has 0 saturated carbocycles. The number of unbranched alkanes of at least 4 members (excludes halogenated alkanes) is 1. The minimum Gasteiger partial charge on any atom is -0.460 e. The summed E-state index contributed by atoms with van der Waals surface area (Å²) in [5.41, 5.74) is -1.48. The monoisotopic (exact) mass is 635 g/mol. The van der Waals surface area contributed by atoms with Gasteiger partial charge in [-0.1, -0.05) is 30.3 Å². The Morgan fingerprint density at radius 1 is 0.756 bits per heavy atom. The number of rotatable bonds is 14. The lowest BCUT2D eigenvalue weighted by atomic mass is 10.1. The maximum Gasteiger partial charge on any atom is 0.407 e. The molecule has 3 amide bonds. The number of likely N-dealkylation sites (N-methyl/N-ethyl adjacent to an activating group) is 1. The van der Waals surface area contributed by atoms with E-state index in [0.717, 1.165) is 10.5 Å². The van der Waals surface area contributed by atoms with E-state index in [9.17, 15) is 24.0 Å². The van der Waals surface area contributed by atoms with Crippen LogP contribution >= 0.6 is 0 Å². The van der Waals surface area contributed by atoms with Crippen molar-refractivity contribution in [2.24, 2.45) is 0 Å². The lowest BCUT2D eigenvalue weighted by Crippen LogP contribution is -2.53. The number of carbonyl (C=O) groups is 5. The van der Waals surface area contributed by atoms with Gasteiger partial charge in [0.25, 0.3) is 0 Å². The van der Waals surface area contributed by atoms with Crippen molar-refractivity contribution >= 4 is 30.0 Å². The third-order valence-corrected chi connectivity index (χ3v) is 5.90. The second-order valence-corrected chi connectivity index (χ2v) is 13.8. The van der Waals surface area contributed by atoms with Gasteiger partial charge in [0.2, 0.25) is 0 Å². The Bertz CT molecular complexity index is 1120. The Balaban J connectivity index is 2.86. The van der Waals surface area contributed by atoms with E-state index in [1.807, 2.05) is 30.3 Å². The smallest absolute Gasteiger partial charge is 0.407 e. The van der Waals surface area contributed by atoms with Gasteiger partial charge in [-0.25, -0.2) is 19.2 Å². The molecule has 1 rings (SSSR count). The first-order valence-corrected chi connectivity index (χ1v) is 15.3. The van der Waals surface area contributed by atoms with Gasteiger partial charge in [-0.3, -0.25) is 4.79 Å². The van der Waals surface area contributed by atoms with E-state index in [4.69, 9.17) is 18.9 Å². The van der Waals surface area contributed by atoms with Gasteiger partial charge in [-0.05, 0) is 93.6 Å². The molecular weight excluding hydrogens is 582 g/mol. The average molecular weight is 636 g/mol. The van der Waals surface area contributed by atoms with Crippen LogP contribution in [0.4, 0.5) is 9.59 Å². The first-order valence-electron chi connectivity index (χ1n) is 15.3. The first kappa shape index (κ1) is 39.2. The second kappa shape index (κ2) is 17.6. The third kappa shape index (κ3) is 17.9. The zero-order valence-corrected chi connectivity index (χ0v) is 28.6. The number of hydrogen-bond acceptors (Lipinski definition) is 9. The van der Waals surface area contributed by atoms with E-state index in [1.54, 1.807) is 62.3 Å². The Hall–Kier alpha value is -3.83.